The normalized spacial score (nSPS) is 11.9. The second kappa shape index (κ2) is 5.73. The van der Waals surface area contributed by atoms with Crippen molar-refractivity contribution in [1.29, 1.82) is 0 Å². The van der Waals surface area contributed by atoms with Crippen molar-refractivity contribution >= 4 is 31.9 Å². The highest BCUT2D eigenvalue weighted by molar-refractivity contribution is 9.10. The molecule has 2 aromatic rings. The maximum Gasteiger partial charge on any atom is 0.285 e. The fourth-order valence-electron chi connectivity index (χ4n) is 1.53. The fourth-order valence-corrected chi connectivity index (χ4v) is 3.22. The molecule has 0 aliphatic carbocycles. The second-order valence-electron chi connectivity index (χ2n) is 4.05. The van der Waals surface area contributed by atoms with Gasteiger partial charge in [-0.3, -0.25) is 9.78 Å². The first-order valence-electron chi connectivity index (χ1n) is 5.52. The number of hydrogen-bond donors (Lipinski definition) is 2. The van der Waals surface area contributed by atoms with Crippen LogP contribution in [0.4, 0.5) is 0 Å². The SMILES string of the molecule is C[SH](O)(=NC(=O)c1cncc(Br)c1)c1ccccc1. The zero-order chi connectivity index (χ0) is 13.9. The summed E-state index contributed by atoms with van der Waals surface area (Å²) in [5.41, 5.74) is 0.352. The molecule has 1 aromatic heterocycles. The number of hydrogen-bond acceptors (Lipinski definition) is 2. The fraction of sp³-hybridized carbons (Fsp3) is 0.0769. The van der Waals surface area contributed by atoms with Crippen molar-refractivity contribution in [2.75, 3.05) is 6.26 Å². The molecule has 1 aromatic carbocycles. The zero-order valence-corrected chi connectivity index (χ0v) is 12.7. The molecule has 0 atom stereocenters. The number of aromatic nitrogens is 1. The van der Waals surface area contributed by atoms with Crippen LogP contribution in [0.2, 0.25) is 0 Å². The first-order valence-corrected chi connectivity index (χ1v) is 8.45. The molecule has 1 heterocycles. The summed E-state index contributed by atoms with van der Waals surface area (Å²) in [4.78, 5) is 16.6. The number of carbonyl (C=O) groups excluding carboxylic acids is 1. The van der Waals surface area contributed by atoms with Gasteiger partial charge in [0.15, 0.2) is 0 Å². The van der Waals surface area contributed by atoms with Crippen molar-refractivity contribution in [1.82, 2.24) is 4.98 Å². The van der Waals surface area contributed by atoms with Gasteiger partial charge in [0.25, 0.3) is 5.91 Å². The summed E-state index contributed by atoms with van der Waals surface area (Å²) >= 11 is 3.25. The molecule has 100 valence electrons. The molecular formula is C13H13BrN2O2S. The molecule has 0 aliphatic heterocycles. The minimum Gasteiger partial charge on any atom is -0.340 e. The van der Waals surface area contributed by atoms with Crippen molar-refractivity contribution in [3.63, 3.8) is 0 Å². The van der Waals surface area contributed by atoms with Crippen LogP contribution in [0.15, 0.2) is 62.5 Å². The Labute approximate surface area is 120 Å². The van der Waals surface area contributed by atoms with Crippen molar-refractivity contribution in [3.8, 4) is 0 Å². The van der Waals surface area contributed by atoms with E-state index in [1.807, 2.05) is 18.2 Å². The predicted molar refractivity (Wildman–Crippen MR) is 80.7 cm³/mol. The molecule has 0 fully saturated rings. The van der Waals surface area contributed by atoms with Crippen LogP contribution in [0.5, 0.6) is 0 Å². The summed E-state index contributed by atoms with van der Waals surface area (Å²) in [5, 5.41) is 0. The number of halogens is 1. The first-order chi connectivity index (χ1) is 8.99. The van der Waals surface area contributed by atoms with Gasteiger partial charge in [-0.15, -0.1) is 0 Å². The van der Waals surface area contributed by atoms with Crippen LogP contribution in [0.25, 0.3) is 0 Å². The topological polar surface area (TPSA) is 62.6 Å². The number of benzene rings is 1. The van der Waals surface area contributed by atoms with E-state index in [9.17, 15) is 9.35 Å². The Kier molecular flexibility index (Phi) is 4.24. The summed E-state index contributed by atoms with van der Waals surface area (Å²) < 4.78 is 15.0. The van der Waals surface area contributed by atoms with E-state index in [1.54, 1.807) is 30.7 Å². The molecule has 0 saturated heterocycles. The number of thiol groups is 1. The third-order valence-corrected chi connectivity index (χ3v) is 4.76. The van der Waals surface area contributed by atoms with E-state index in [2.05, 4.69) is 25.3 Å². The quantitative estimate of drug-likeness (QED) is 0.825. The second-order valence-corrected chi connectivity index (χ2v) is 7.50. The van der Waals surface area contributed by atoms with Crippen LogP contribution in [0.1, 0.15) is 10.4 Å². The van der Waals surface area contributed by atoms with E-state index in [0.29, 0.717) is 14.9 Å². The predicted octanol–water partition coefficient (Wildman–Crippen LogP) is 3.22. The largest absolute Gasteiger partial charge is 0.340 e. The van der Waals surface area contributed by atoms with Gasteiger partial charge < -0.3 is 4.55 Å². The Morgan fingerprint density at radius 2 is 2.00 bits per heavy atom. The number of pyridine rings is 1. The van der Waals surface area contributed by atoms with Gasteiger partial charge in [-0.25, -0.2) is 0 Å². The van der Waals surface area contributed by atoms with E-state index < -0.39 is 16.0 Å². The van der Waals surface area contributed by atoms with E-state index in [0.717, 1.165) is 0 Å². The lowest BCUT2D eigenvalue weighted by molar-refractivity contribution is 0.100. The van der Waals surface area contributed by atoms with Crippen LogP contribution in [-0.4, -0.2) is 21.7 Å². The first kappa shape index (κ1) is 14.0. The van der Waals surface area contributed by atoms with Crippen molar-refractivity contribution in [3.05, 3.63) is 58.8 Å². The Morgan fingerprint density at radius 1 is 1.32 bits per heavy atom. The average molecular weight is 341 g/mol. The molecule has 6 heteroatoms. The molecule has 0 spiro atoms. The van der Waals surface area contributed by atoms with Gasteiger partial charge in [-0.2, -0.15) is 4.36 Å². The highest BCUT2D eigenvalue weighted by Crippen LogP contribution is 2.18. The highest BCUT2D eigenvalue weighted by atomic mass is 79.9. The summed E-state index contributed by atoms with van der Waals surface area (Å²) in [7, 11) is -2.80. The number of rotatable bonds is 2. The Bertz CT molecular complexity index is 653. The van der Waals surface area contributed by atoms with Gasteiger partial charge in [-0.05, 0) is 40.4 Å². The van der Waals surface area contributed by atoms with Crippen LogP contribution in [0, 0.1) is 0 Å². The lowest BCUT2D eigenvalue weighted by Crippen LogP contribution is -2.11. The molecule has 0 aliphatic rings. The molecular weight excluding hydrogens is 328 g/mol. The third-order valence-electron chi connectivity index (χ3n) is 2.48. The molecule has 1 amide bonds. The van der Waals surface area contributed by atoms with Gasteiger partial charge in [0.05, 0.1) is 5.56 Å². The molecule has 0 saturated carbocycles. The number of amides is 1. The summed E-state index contributed by atoms with van der Waals surface area (Å²) in [6.45, 7) is 0. The van der Waals surface area contributed by atoms with Gasteiger partial charge in [0.2, 0.25) is 0 Å². The molecule has 1 N–H and O–H groups in total. The van der Waals surface area contributed by atoms with E-state index >= 15 is 0 Å². The summed E-state index contributed by atoms with van der Waals surface area (Å²) in [5.74, 6) is -0.462. The monoisotopic (exact) mass is 340 g/mol. The van der Waals surface area contributed by atoms with Crippen LogP contribution >= 0.6 is 15.9 Å². The molecule has 0 unspecified atom stereocenters. The Hall–Kier alpha value is -1.37. The Morgan fingerprint density at radius 3 is 2.63 bits per heavy atom. The maximum absolute atomic E-state index is 12.0. The lowest BCUT2D eigenvalue weighted by Gasteiger charge is -2.17. The average Bonchev–Trinajstić information content (AvgIpc) is 2.39. The zero-order valence-electron chi connectivity index (χ0n) is 10.2. The molecule has 0 bridgehead atoms. The minimum atomic E-state index is -2.80. The number of carbonyl (C=O) groups is 1. The lowest BCUT2D eigenvalue weighted by atomic mass is 10.3. The summed E-state index contributed by atoms with van der Waals surface area (Å²) in [6.07, 6.45) is 4.61. The smallest absolute Gasteiger partial charge is 0.285 e. The van der Waals surface area contributed by atoms with Crippen LogP contribution in [-0.2, 0) is 10.1 Å². The van der Waals surface area contributed by atoms with Gasteiger partial charge >= 0.3 is 0 Å². The molecule has 0 radical (unpaired) electrons. The molecule has 4 nitrogen and oxygen atoms in total. The third kappa shape index (κ3) is 3.56. The van der Waals surface area contributed by atoms with Gasteiger partial charge in [-0.1, -0.05) is 28.3 Å². The van der Waals surface area contributed by atoms with E-state index in [1.165, 1.54) is 6.20 Å². The van der Waals surface area contributed by atoms with Crippen molar-refractivity contribution in [2.45, 2.75) is 4.90 Å². The summed E-state index contributed by atoms with van der Waals surface area (Å²) in [6, 6.07) is 10.6. The van der Waals surface area contributed by atoms with Gasteiger partial charge in [0, 0.05) is 21.8 Å². The minimum absolute atomic E-state index is 0.352. The van der Waals surface area contributed by atoms with Crippen molar-refractivity contribution < 1.29 is 9.35 Å². The maximum atomic E-state index is 12.0. The van der Waals surface area contributed by atoms with E-state index in [-0.39, 0.29) is 0 Å². The Balaban J connectivity index is 2.38. The number of nitrogens with zero attached hydrogens (tertiary/aromatic N) is 2. The van der Waals surface area contributed by atoms with Crippen molar-refractivity contribution in [2.24, 2.45) is 4.36 Å². The van der Waals surface area contributed by atoms with E-state index in [4.69, 9.17) is 0 Å². The highest BCUT2D eigenvalue weighted by Gasteiger charge is 2.11. The standard InChI is InChI=1S/C13H13BrN2O2S/c1-19(18,12-5-3-2-4-6-12)16-13(17)10-7-11(14)9-15-8-10/h2-9,19H,1H3,(H,16,17,18). The molecule has 2 rings (SSSR count). The van der Waals surface area contributed by atoms with Gasteiger partial charge in [0.1, 0.15) is 0 Å². The van der Waals surface area contributed by atoms with Crippen LogP contribution in [0.3, 0.4) is 0 Å². The van der Waals surface area contributed by atoms with Crippen LogP contribution < -0.4 is 0 Å². The molecule has 19 heavy (non-hydrogen) atoms.